The molecule has 1 unspecified atom stereocenters. The van der Waals surface area contributed by atoms with Crippen LogP contribution in [0.1, 0.15) is 24.8 Å². The van der Waals surface area contributed by atoms with Crippen LogP contribution in [0.15, 0.2) is 24.3 Å². The van der Waals surface area contributed by atoms with Crippen LogP contribution in [-0.2, 0) is 6.42 Å². The van der Waals surface area contributed by atoms with Gasteiger partial charge in [-0.15, -0.1) is 0 Å². The van der Waals surface area contributed by atoms with Gasteiger partial charge in [-0.1, -0.05) is 18.6 Å². The number of benzene rings is 1. The van der Waals surface area contributed by atoms with E-state index in [0.29, 0.717) is 6.04 Å². The third-order valence-corrected chi connectivity index (χ3v) is 3.32. The molecule has 1 aliphatic heterocycles. The molecule has 1 aromatic carbocycles. The molecular weight excluding hydrogens is 196 g/mol. The second-order valence-corrected chi connectivity index (χ2v) is 4.92. The second kappa shape index (κ2) is 5.35. The van der Waals surface area contributed by atoms with Gasteiger partial charge in [-0.25, -0.2) is 0 Å². The largest absolute Gasteiger partial charge is 0.378 e. The standard InChI is InChI=1S/C14H22N2/c1-16(2)14-8-5-6-12(11-14)10-13-7-3-4-9-15-13/h5-6,8,11,13,15H,3-4,7,9-10H2,1-2H3. The lowest BCUT2D eigenvalue weighted by atomic mass is 9.97. The van der Waals surface area contributed by atoms with E-state index in [0.717, 1.165) is 0 Å². The minimum absolute atomic E-state index is 0.686. The van der Waals surface area contributed by atoms with Crippen LogP contribution in [0.3, 0.4) is 0 Å². The lowest BCUT2D eigenvalue weighted by molar-refractivity contribution is 0.399. The molecule has 1 atom stereocenters. The molecule has 1 saturated heterocycles. The van der Waals surface area contributed by atoms with Crippen LogP contribution in [0, 0.1) is 0 Å². The molecule has 0 bridgehead atoms. The summed E-state index contributed by atoms with van der Waals surface area (Å²) in [6.45, 7) is 1.19. The second-order valence-electron chi connectivity index (χ2n) is 4.92. The van der Waals surface area contributed by atoms with Gasteiger partial charge in [0.05, 0.1) is 0 Å². The molecule has 2 nitrogen and oxygen atoms in total. The summed E-state index contributed by atoms with van der Waals surface area (Å²) in [5, 5.41) is 3.60. The molecule has 0 aromatic heterocycles. The van der Waals surface area contributed by atoms with E-state index in [-0.39, 0.29) is 0 Å². The maximum atomic E-state index is 3.60. The quantitative estimate of drug-likeness (QED) is 0.838. The van der Waals surface area contributed by atoms with Crippen molar-refractivity contribution in [1.82, 2.24) is 5.32 Å². The molecule has 88 valence electrons. The predicted octanol–water partition coefficient (Wildman–Crippen LogP) is 2.44. The Balaban J connectivity index is 2.00. The van der Waals surface area contributed by atoms with Gasteiger partial charge in [-0.3, -0.25) is 0 Å². The van der Waals surface area contributed by atoms with Crippen LogP contribution in [-0.4, -0.2) is 26.7 Å². The average Bonchev–Trinajstić information content (AvgIpc) is 2.30. The molecule has 2 heteroatoms. The first-order valence-electron chi connectivity index (χ1n) is 6.25. The van der Waals surface area contributed by atoms with Crippen molar-refractivity contribution in [2.75, 3.05) is 25.5 Å². The molecule has 16 heavy (non-hydrogen) atoms. The highest BCUT2D eigenvalue weighted by Crippen LogP contribution is 2.17. The Kier molecular flexibility index (Phi) is 3.83. The summed E-state index contributed by atoms with van der Waals surface area (Å²) in [5.74, 6) is 0. The van der Waals surface area contributed by atoms with Crippen LogP contribution in [0.25, 0.3) is 0 Å². The number of hydrogen-bond donors (Lipinski definition) is 1. The molecule has 0 saturated carbocycles. The van der Waals surface area contributed by atoms with E-state index in [1.807, 2.05) is 0 Å². The maximum Gasteiger partial charge on any atom is 0.0363 e. The van der Waals surface area contributed by atoms with E-state index in [9.17, 15) is 0 Å². The van der Waals surface area contributed by atoms with Crippen LogP contribution in [0.2, 0.25) is 0 Å². The molecule has 0 radical (unpaired) electrons. The first kappa shape index (κ1) is 11.5. The Morgan fingerprint density at radius 3 is 2.88 bits per heavy atom. The zero-order chi connectivity index (χ0) is 11.4. The number of nitrogens with one attached hydrogen (secondary N) is 1. The molecule has 0 aliphatic carbocycles. The molecule has 1 aromatic rings. The Bertz CT molecular complexity index is 327. The lowest BCUT2D eigenvalue weighted by Gasteiger charge is -2.24. The Labute approximate surface area is 98.7 Å². The van der Waals surface area contributed by atoms with Crippen molar-refractivity contribution in [1.29, 1.82) is 0 Å². The minimum atomic E-state index is 0.686. The summed E-state index contributed by atoms with van der Waals surface area (Å²) in [5.41, 5.74) is 2.75. The zero-order valence-corrected chi connectivity index (χ0v) is 10.4. The first-order chi connectivity index (χ1) is 7.75. The van der Waals surface area contributed by atoms with E-state index in [1.165, 1.54) is 43.5 Å². The SMILES string of the molecule is CN(C)c1cccc(CC2CCCCN2)c1. The summed E-state index contributed by atoms with van der Waals surface area (Å²) in [4.78, 5) is 2.16. The highest BCUT2D eigenvalue weighted by molar-refractivity contribution is 5.47. The fourth-order valence-electron chi connectivity index (χ4n) is 2.34. The molecule has 1 aliphatic rings. The fourth-order valence-corrected chi connectivity index (χ4v) is 2.34. The molecule has 1 N–H and O–H groups in total. The van der Waals surface area contributed by atoms with Crippen molar-refractivity contribution in [2.24, 2.45) is 0 Å². The van der Waals surface area contributed by atoms with Crippen LogP contribution in [0.5, 0.6) is 0 Å². The topological polar surface area (TPSA) is 15.3 Å². The maximum absolute atomic E-state index is 3.60. The van der Waals surface area contributed by atoms with Crippen molar-refractivity contribution in [3.8, 4) is 0 Å². The smallest absolute Gasteiger partial charge is 0.0363 e. The third-order valence-electron chi connectivity index (χ3n) is 3.32. The van der Waals surface area contributed by atoms with Crippen LogP contribution in [0.4, 0.5) is 5.69 Å². The summed E-state index contributed by atoms with van der Waals surface area (Å²) < 4.78 is 0. The fraction of sp³-hybridized carbons (Fsp3) is 0.571. The van der Waals surface area contributed by atoms with Crippen LogP contribution >= 0.6 is 0 Å². The molecule has 0 amide bonds. The van der Waals surface area contributed by atoms with Crippen molar-refractivity contribution in [3.05, 3.63) is 29.8 Å². The number of hydrogen-bond acceptors (Lipinski definition) is 2. The van der Waals surface area contributed by atoms with Gasteiger partial charge in [-0.05, 0) is 43.5 Å². The number of rotatable bonds is 3. The lowest BCUT2D eigenvalue weighted by Crippen LogP contribution is -2.35. The van der Waals surface area contributed by atoms with Gasteiger partial charge in [0.25, 0.3) is 0 Å². The monoisotopic (exact) mass is 218 g/mol. The first-order valence-corrected chi connectivity index (χ1v) is 6.25. The molecule has 1 heterocycles. The minimum Gasteiger partial charge on any atom is -0.378 e. The summed E-state index contributed by atoms with van der Waals surface area (Å²) in [6, 6.07) is 9.55. The summed E-state index contributed by atoms with van der Waals surface area (Å²) in [6.07, 6.45) is 5.22. The highest BCUT2D eigenvalue weighted by Gasteiger charge is 2.12. The predicted molar refractivity (Wildman–Crippen MR) is 70.1 cm³/mol. The highest BCUT2D eigenvalue weighted by atomic mass is 15.1. The Hall–Kier alpha value is -1.02. The van der Waals surface area contributed by atoms with E-state index >= 15 is 0 Å². The number of piperidine rings is 1. The normalized spacial score (nSPS) is 20.8. The van der Waals surface area contributed by atoms with Gasteiger partial charge in [0.1, 0.15) is 0 Å². The van der Waals surface area contributed by atoms with Crippen molar-refractivity contribution >= 4 is 5.69 Å². The van der Waals surface area contributed by atoms with Gasteiger partial charge in [0.15, 0.2) is 0 Å². The molecule has 0 spiro atoms. The molecular formula is C14H22N2. The molecule has 1 fully saturated rings. The number of anilines is 1. The summed E-state index contributed by atoms with van der Waals surface area (Å²) in [7, 11) is 4.19. The zero-order valence-electron chi connectivity index (χ0n) is 10.4. The van der Waals surface area contributed by atoms with E-state index in [2.05, 4.69) is 48.6 Å². The van der Waals surface area contributed by atoms with Crippen molar-refractivity contribution < 1.29 is 0 Å². The van der Waals surface area contributed by atoms with Gasteiger partial charge >= 0.3 is 0 Å². The van der Waals surface area contributed by atoms with Gasteiger partial charge in [0, 0.05) is 25.8 Å². The van der Waals surface area contributed by atoms with Crippen molar-refractivity contribution in [2.45, 2.75) is 31.7 Å². The molecule has 2 rings (SSSR count). The van der Waals surface area contributed by atoms with Gasteiger partial charge < -0.3 is 10.2 Å². The van der Waals surface area contributed by atoms with E-state index in [1.54, 1.807) is 0 Å². The van der Waals surface area contributed by atoms with Crippen LogP contribution < -0.4 is 10.2 Å². The van der Waals surface area contributed by atoms with E-state index < -0.39 is 0 Å². The Morgan fingerprint density at radius 2 is 2.19 bits per heavy atom. The van der Waals surface area contributed by atoms with Gasteiger partial charge in [-0.2, -0.15) is 0 Å². The van der Waals surface area contributed by atoms with Gasteiger partial charge in [0.2, 0.25) is 0 Å². The summed E-state index contributed by atoms with van der Waals surface area (Å²) >= 11 is 0. The average molecular weight is 218 g/mol. The third kappa shape index (κ3) is 2.99. The van der Waals surface area contributed by atoms with Crippen molar-refractivity contribution in [3.63, 3.8) is 0 Å². The van der Waals surface area contributed by atoms with E-state index in [4.69, 9.17) is 0 Å². The Morgan fingerprint density at radius 1 is 1.31 bits per heavy atom. The number of nitrogens with zero attached hydrogens (tertiary/aromatic N) is 1.